The second-order valence-corrected chi connectivity index (χ2v) is 4.91. The fraction of sp³-hybridized carbons (Fsp3) is 0.833. The molecule has 1 aliphatic carbocycles. The first-order chi connectivity index (χ1) is 7.50. The highest BCUT2D eigenvalue weighted by molar-refractivity contribution is 5.87. The number of nitrogens with one attached hydrogen (secondary N) is 2. The van der Waals surface area contributed by atoms with Crippen LogP contribution < -0.4 is 10.6 Å². The summed E-state index contributed by atoms with van der Waals surface area (Å²) < 4.78 is 0. The van der Waals surface area contributed by atoms with E-state index in [2.05, 4.69) is 10.6 Å². The van der Waals surface area contributed by atoms with Crippen molar-refractivity contribution in [3.05, 3.63) is 0 Å². The predicted molar refractivity (Wildman–Crippen MR) is 62.8 cm³/mol. The zero-order valence-corrected chi connectivity index (χ0v) is 10.4. The fourth-order valence-electron chi connectivity index (χ4n) is 2.12. The first-order valence-electron chi connectivity index (χ1n) is 6.08. The molecule has 1 rings (SSSR count). The summed E-state index contributed by atoms with van der Waals surface area (Å²) >= 11 is 0. The number of rotatable bonds is 4. The van der Waals surface area contributed by atoms with Gasteiger partial charge in [-0.15, -0.1) is 0 Å². The third-order valence-electron chi connectivity index (χ3n) is 3.01. The van der Waals surface area contributed by atoms with E-state index in [-0.39, 0.29) is 17.7 Å². The highest BCUT2D eigenvalue weighted by atomic mass is 16.2. The molecule has 1 atom stereocenters. The van der Waals surface area contributed by atoms with E-state index in [1.807, 2.05) is 13.8 Å². The molecule has 92 valence electrons. The zero-order chi connectivity index (χ0) is 12.1. The standard InChI is InChI=1S/C12H22N2O2/c1-8(2)11(13-9(3)15)12(16)14-10-6-4-5-7-10/h8,10-11H,4-7H2,1-3H3,(H,13,15)(H,14,16)/t11-/m0/s1. The van der Waals surface area contributed by atoms with E-state index < -0.39 is 6.04 Å². The maximum absolute atomic E-state index is 12.0. The summed E-state index contributed by atoms with van der Waals surface area (Å²) in [4.78, 5) is 23.0. The second-order valence-electron chi connectivity index (χ2n) is 4.91. The highest BCUT2D eigenvalue weighted by Crippen LogP contribution is 2.18. The van der Waals surface area contributed by atoms with Crippen LogP contribution in [0.1, 0.15) is 46.5 Å². The SMILES string of the molecule is CC(=O)N[C@H](C(=O)NC1CCCC1)C(C)C. The average Bonchev–Trinajstić information content (AvgIpc) is 2.65. The zero-order valence-electron chi connectivity index (χ0n) is 10.4. The van der Waals surface area contributed by atoms with Crippen molar-refractivity contribution in [1.29, 1.82) is 0 Å². The molecule has 4 heteroatoms. The lowest BCUT2D eigenvalue weighted by Crippen LogP contribution is -2.51. The highest BCUT2D eigenvalue weighted by Gasteiger charge is 2.26. The van der Waals surface area contributed by atoms with E-state index in [1.54, 1.807) is 0 Å². The number of amides is 2. The molecule has 1 aliphatic rings. The van der Waals surface area contributed by atoms with Crippen molar-refractivity contribution in [3.8, 4) is 0 Å². The molecule has 0 heterocycles. The molecule has 0 aromatic rings. The molecule has 16 heavy (non-hydrogen) atoms. The predicted octanol–water partition coefficient (Wildman–Crippen LogP) is 1.21. The van der Waals surface area contributed by atoms with Crippen LogP contribution in [-0.2, 0) is 9.59 Å². The molecule has 1 fully saturated rings. The van der Waals surface area contributed by atoms with Gasteiger partial charge in [0.25, 0.3) is 0 Å². The van der Waals surface area contributed by atoms with Crippen LogP contribution in [0.3, 0.4) is 0 Å². The Kier molecular flexibility index (Phi) is 4.77. The third kappa shape index (κ3) is 3.83. The quantitative estimate of drug-likeness (QED) is 0.757. The topological polar surface area (TPSA) is 58.2 Å². The minimum atomic E-state index is -0.405. The van der Waals surface area contributed by atoms with Gasteiger partial charge in [0.15, 0.2) is 0 Å². The summed E-state index contributed by atoms with van der Waals surface area (Å²) in [6.07, 6.45) is 4.52. The lowest BCUT2D eigenvalue weighted by atomic mass is 10.0. The van der Waals surface area contributed by atoms with E-state index in [4.69, 9.17) is 0 Å². The first kappa shape index (κ1) is 13.0. The van der Waals surface area contributed by atoms with Gasteiger partial charge in [0.2, 0.25) is 11.8 Å². The molecule has 0 aromatic heterocycles. The van der Waals surface area contributed by atoms with Gasteiger partial charge in [0.05, 0.1) is 0 Å². The molecule has 0 aliphatic heterocycles. The van der Waals surface area contributed by atoms with Crippen LogP contribution in [0.15, 0.2) is 0 Å². The lowest BCUT2D eigenvalue weighted by Gasteiger charge is -2.23. The van der Waals surface area contributed by atoms with Crippen molar-refractivity contribution in [2.24, 2.45) is 5.92 Å². The molecule has 0 radical (unpaired) electrons. The Bertz CT molecular complexity index is 258. The smallest absolute Gasteiger partial charge is 0.243 e. The molecular weight excluding hydrogens is 204 g/mol. The van der Waals surface area contributed by atoms with Crippen LogP contribution in [-0.4, -0.2) is 23.9 Å². The van der Waals surface area contributed by atoms with Crippen molar-refractivity contribution < 1.29 is 9.59 Å². The molecule has 0 unspecified atom stereocenters. The number of carbonyl (C=O) groups excluding carboxylic acids is 2. The Balaban J connectivity index is 2.49. The van der Waals surface area contributed by atoms with Crippen LogP contribution >= 0.6 is 0 Å². The van der Waals surface area contributed by atoms with Crippen LogP contribution in [0.25, 0.3) is 0 Å². The molecule has 2 amide bonds. The van der Waals surface area contributed by atoms with Gasteiger partial charge in [-0.1, -0.05) is 26.7 Å². The average molecular weight is 226 g/mol. The number of hydrogen-bond acceptors (Lipinski definition) is 2. The Morgan fingerprint density at radius 1 is 1.19 bits per heavy atom. The Hall–Kier alpha value is -1.06. The first-order valence-corrected chi connectivity index (χ1v) is 6.08. The van der Waals surface area contributed by atoms with E-state index in [0.29, 0.717) is 6.04 Å². The van der Waals surface area contributed by atoms with E-state index in [9.17, 15) is 9.59 Å². The van der Waals surface area contributed by atoms with Gasteiger partial charge in [-0.25, -0.2) is 0 Å². The van der Waals surface area contributed by atoms with E-state index in [0.717, 1.165) is 12.8 Å². The van der Waals surface area contributed by atoms with Gasteiger partial charge in [0, 0.05) is 13.0 Å². The summed E-state index contributed by atoms with van der Waals surface area (Å²) in [6, 6.07) is -0.0967. The molecule has 4 nitrogen and oxygen atoms in total. The van der Waals surface area contributed by atoms with Crippen molar-refractivity contribution in [2.45, 2.75) is 58.5 Å². The summed E-state index contributed by atoms with van der Waals surface area (Å²) in [5.41, 5.74) is 0. The van der Waals surface area contributed by atoms with Gasteiger partial charge in [-0.05, 0) is 18.8 Å². The van der Waals surface area contributed by atoms with Crippen molar-refractivity contribution in [1.82, 2.24) is 10.6 Å². The molecule has 0 bridgehead atoms. The van der Waals surface area contributed by atoms with Gasteiger partial charge in [-0.3, -0.25) is 9.59 Å². The van der Waals surface area contributed by atoms with Gasteiger partial charge in [0.1, 0.15) is 6.04 Å². The maximum Gasteiger partial charge on any atom is 0.243 e. The monoisotopic (exact) mass is 226 g/mol. The van der Waals surface area contributed by atoms with Crippen molar-refractivity contribution in [3.63, 3.8) is 0 Å². The second kappa shape index (κ2) is 5.87. The minimum absolute atomic E-state index is 0.0444. The molecule has 0 spiro atoms. The number of hydrogen-bond donors (Lipinski definition) is 2. The fourth-order valence-corrected chi connectivity index (χ4v) is 2.12. The molecule has 1 saturated carbocycles. The van der Waals surface area contributed by atoms with Crippen LogP contribution in [0, 0.1) is 5.92 Å². The Morgan fingerprint density at radius 2 is 1.75 bits per heavy atom. The number of carbonyl (C=O) groups is 2. The summed E-state index contributed by atoms with van der Waals surface area (Å²) in [7, 11) is 0. The van der Waals surface area contributed by atoms with Crippen molar-refractivity contribution in [2.75, 3.05) is 0 Å². The largest absolute Gasteiger partial charge is 0.352 e. The minimum Gasteiger partial charge on any atom is -0.352 e. The van der Waals surface area contributed by atoms with E-state index >= 15 is 0 Å². The van der Waals surface area contributed by atoms with Gasteiger partial charge in [-0.2, -0.15) is 0 Å². The van der Waals surface area contributed by atoms with Crippen LogP contribution in [0.4, 0.5) is 0 Å². The lowest BCUT2D eigenvalue weighted by molar-refractivity contribution is -0.129. The molecule has 0 saturated heterocycles. The van der Waals surface area contributed by atoms with Gasteiger partial charge >= 0.3 is 0 Å². The molecule has 2 N–H and O–H groups in total. The maximum atomic E-state index is 12.0. The third-order valence-corrected chi connectivity index (χ3v) is 3.01. The molecule has 0 aromatic carbocycles. The Labute approximate surface area is 97.2 Å². The molecular formula is C12H22N2O2. The van der Waals surface area contributed by atoms with Gasteiger partial charge < -0.3 is 10.6 Å². The normalized spacial score (nSPS) is 18.5. The summed E-state index contributed by atoms with van der Waals surface area (Å²) in [6.45, 7) is 5.32. The summed E-state index contributed by atoms with van der Waals surface area (Å²) in [5.74, 6) is -0.0809. The van der Waals surface area contributed by atoms with Crippen LogP contribution in [0.2, 0.25) is 0 Å². The van der Waals surface area contributed by atoms with Crippen molar-refractivity contribution >= 4 is 11.8 Å². The van der Waals surface area contributed by atoms with E-state index in [1.165, 1.54) is 19.8 Å². The Morgan fingerprint density at radius 3 is 2.19 bits per heavy atom. The van der Waals surface area contributed by atoms with Crippen LogP contribution in [0.5, 0.6) is 0 Å². The summed E-state index contributed by atoms with van der Waals surface area (Å²) in [5, 5.41) is 5.71.